The minimum atomic E-state index is -5.08. The van der Waals surface area contributed by atoms with Gasteiger partial charge in [0.25, 0.3) is 0 Å². The van der Waals surface area contributed by atoms with Crippen LogP contribution in [0.2, 0.25) is 0 Å². The van der Waals surface area contributed by atoms with Crippen LogP contribution in [0.5, 0.6) is 5.75 Å². The van der Waals surface area contributed by atoms with Crippen LogP contribution in [0.3, 0.4) is 0 Å². The average molecular weight is 980 g/mol. The number of nitrogens with one attached hydrogen (secondary N) is 5. The Labute approximate surface area is 405 Å². The summed E-state index contributed by atoms with van der Waals surface area (Å²) < 4.78 is 37.6. The first kappa shape index (κ1) is 55.8. The van der Waals surface area contributed by atoms with Crippen molar-refractivity contribution in [1.29, 1.82) is 0 Å². The highest BCUT2D eigenvalue weighted by Gasteiger charge is 2.39. The van der Waals surface area contributed by atoms with Crippen LogP contribution >= 0.6 is 0 Å². The van der Waals surface area contributed by atoms with Crippen LogP contribution in [-0.2, 0) is 35.2 Å². The fourth-order valence-electron chi connectivity index (χ4n) is 7.90. The third kappa shape index (κ3) is 16.1. The molecule has 5 rings (SSSR count). The van der Waals surface area contributed by atoms with E-state index in [2.05, 4.69) is 26.6 Å². The topological polar surface area (TPSA) is 255 Å². The van der Waals surface area contributed by atoms with Crippen molar-refractivity contribution in [2.24, 2.45) is 11.7 Å². The number of carbonyl (C=O) groups excluding carboxylic acids is 7. The lowest BCUT2D eigenvalue weighted by atomic mass is 9.83. The molecule has 0 unspecified atom stereocenters. The number of carbonyl (C=O) groups is 8. The van der Waals surface area contributed by atoms with Gasteiger partial charge in [-0.2, -0.15) is 13.2 Å². The van der Waals surface area contributed by atoms with E-state index in [0.717, 1.165) is 5.56 Å². The van der Waals surface area contributed by atoms with Crippen molar-refractivity contribution in [2.45, 2.75) is 122 Å². The van der Waals surface area contributed by atoms with Crippen molar-refractivity contribution in [1.82, 2.24) is 26.2 Å². The van der Waals surface area contributed by atoms with E-state index < -0.39 is 60.6 Å². The molecule has 1 heterocycles. The number of aliphatic carboxylic acids is 1. The molecule has 4 atom stereocenters. The highest BCUT2D eigenvalue weighted by Crippen LogP contribution is 2.32. The molecule has 3 aromatic rings. The molecule has 1 aliphatic heterocycles. The molecule has 8 N–H and O–H groups in total. The summed E-state index contributed by atoms with van der Waals surface area (Å²) in [7, 11) is 0. The lowest BCUT2D eigenvalue weighted by molar-refractivity contribution is -0.192. The molecule has 0 saturated carbocycles. The second-order valence-corrected chi connectivity index (χ2v) is 18.5. The molecule has 5 amide bonds. The number of nitrogens with zero attached hydrogens (tertiary/aromatic N) is 1. The van der Waals surface area contributed by atoms with Crippen LogP contribution < -0.4 is 37.1 Å². The highest BCUT2D eigenvalue weighted by atomic mass is 19.4. The number of fused-ring (bicyclic) bond motifs is 2. The summed E-state index contributed by atoms with van der Waals surface area (Å²) in [5, 5.41) is 21.4. The first-order valence-corrected chi connectivity index (χ1v) is 23.3. The Morgan fingerprint density at radius 1 is 0.829 bits per heavy atom. The summed E-state index contributed by atoms with van der Waals surface area (Å²) in [4.78, 5) is 104. The number of ketones is 2. The highest BCUT2D eigenvalue weighted by molar-refractivity contribution is 6.30. The molecule has 0 radical (unpaired) electrons. The van der Waals surface area contributed by atoms with E-state index in [1.807, 2.05) is 65.8 Å². The van der Waals surface area contributed by atoms with Gasteiger partial charge in [0.1, 0.15) is 29.5 Å². The van der Waals surface area contributed by atoms with Gasteiger partial charge in [0.2, 0.25) is 29.5 Å². The Bertz CT molecular complexity index is 2370. The summed E-state index contributed by atoms with van der Waals surface area (Å²) in [5.74, 6) is -4.76. The Hall–Kier alpha value is -6.83. The number of carboxylic acid groups (broad SMARTS) is 1. The predicted molar refractivity (Wildman–Crippen MR) is 254 cm³/mol. The van der Waals surface area contributed by atoms with Gasteiger partial charge in [-0.05, 0) is 89.0 Å². The number of alkyl halides is 3. The van der Waals surface area contributed by atoms with E-state index in [4.69, 9.17) is 20.4 Å². The SMILES string of the molecule is CCC[C@H](NC(=O)[C@@H](N)Cc1ccc(OC(C)(C)C)cc1)C(=O)NCC(=O)N[C@@H](CC(C)C)C(=O)N1CCC[C@H]1C(=O)NCCCNc1cccc2c1C(=O)c1ccccc1C2=O.O=C(O)C(F)(F)F. The van der Waals surface area contributed by atoms with E-state index in [1.165, 1.54) is 4.90 Å². The summed E-state index contributed by atoms with van der Waals surface area (Å²) in [5.41, 5.74) is 8.70. The molecule has 17 nitrogen and oxygen atoms in total. The van der Waals surface area contributed by atoms with Crippen molar-refractivity contribution in [3.63, 3.8) is 0 Å². The zero-order chi connectivity index (χ0) is 51.9. The molecule has 1 saturated heterocycles. The standard InChI is InChI=1S/C48H63N7O8.C2HF3O2/c1-7-13-37(54-44(59)35(49)27-30-19-21-31(22-20-30)63-48(4,5)6)45(60)52-28-40(56)53-38(26-29(2)3)47(62)55-25-11-18-39(55)46(61)51-24-12-23-50-36-17-10-16-34-41(36)43(58)33-15-9-8-14-32(33)42(34)57;3-2(4,5)1(6)7/h8-10,14-17,19-22,29,35,37-39,50H,7,11-13,18,23-28,49H2,1-6H3,(H,51,61)(H,52,60)(H,53,56)(H,54,59);(H,6,7)/t35-,37-,38-,39-;/m0./s1. The molecule has 20 heteroatoms. The zero-order valence-electron chi connectivity index (χ0n) is 40.3. The fraction of sp³-hybridized carbons (Fsp3) is 0.480. The van der Waals surface area contributed by atoms with Crippen molar-refractivity contribution in [3.8, 4) is 5.75 Å². The second-order valence-electron chi connectivity index (χ2n) is 18.5. The third-order valence-corrected chi connectivity index (χ3v) is 11.1. The number of anilines is 1. The number of rotatable bonds is 20. The van der Waals surface area contributed by atoms with Gasteiger partial charge in [-0.3, -0.25) is 33.6 Å². The normalized spacial score (nSPS) is 15.5. The van der Waals surface area contributed by atoms with Crippen molar-refractivity contribution >= 4 is 52.8 Å². The minimum Gasteiger partial charge on any atom is -0.488 e. The molecular formula is C50H64F3N7O10. The lowest BCUT2D eigenvalue weighted by Crippen LogP contribution is -2.56. The Morgan fingerprint density at radius 3 is 2.06 bits per heavy atom. The van der Waals surface area contributed by atoms with Crippen molar-refractivity contribution < 1.29 is 61.4 Å². The minimum absolute atomic E-state index is 0.0257. The smallest absolute Gasteiger partial charge is 0.488 e. The van der Waals surface area contributed by atoms with Gasteiger partial charge in [0.05, 0.1) is 18.2 Å². The maximum absolute atomic E-state index is 13.9. The van der Waals surface area contributed by atoms with Gasteiger partial charge in [-0.15, -0.1) is 0 Å². The number of hydrogen-bond acceptors (Lipinski definition) is 11. The Balaban J connectivity index is 0.00000141. The summed E-state index contributed by atoms with van der Waals surface area (Å²) in [6, 6.07) is 15.8. The Kier molecular flexibility index (Phi) is 20.0. The maximum atomic E-state index is 13.9. The van der Waals surface area contributed by atoms with Gasteiger partial charge in [0, 0.05) is 42.0 Å². The van der Waals surface area contributed by atoms with Gasteiger partial charge < -0.3 is 47.1 Å². The third-order valence-electron chi connectivity index (χ3n) is 11.1. The number of amides is 5. The monoisotopic (exact) mass is 979 g/mol. The van der Waals surface area contributed by atoms with Crippen molar-refractivity contribution in [2.75, 3.05) is 31.5 Å². The number of nitrogens with two attached hydrogens (primary N) is 1. The van der Waals surface area contributed by atoms with Crippen molar-refractivity contribution in [3.05, 3.63) is 94.5 Å². The molecule has 2 aliphatic rings. The number of likely N-dealkylation sites (tertiary alicyclic amines) is 1. The van der Waals surface area contributed by atoms with Crippen LogP contribution in [0, 0.1) is 5.92 Å². The van der Waals surface area contributed by atoms with Gasteiger partial charge in [-0.1, -0.05) is 75.7 Å². The fourth-order valence-corrected chi connectivity index (χ4v) is 7.90. The van der Waals surface area contributed by atoms with Crippen LogP contribution in [0.4, 0.5) is 18.9 Å². The number of hydrogen-bond donors (Lipinski definition) is 7. The average Bonchev–Trinajstić information content (AvgIpc) is 3.79. The zero-order valence-corrected chi connectivity index (χ0v) is 40.3. The van der Waals surface area contributed by atoms with Crippen LogP contribution in [0.15, 0.2) is 66.7 Å². The molecule has 0 bridgehead atoms. The van der Waals surface area contributed by atoms with E-state index in [9.17, 15) is 46.7 Å². The first-order chi connectivity index (χ1) is 32.9. The lowest BCUT2D eigenvalue weighted by Gasteiger charge is -2.29. The first-order valence-electron chi connectivity index (χ1n) is 23.3. The molecule has 3 aromatic carbocycles. The predicted octanol–water partition coefficient (Wildman–Crippen LogP) is 4.68. The number of halogens is 3. The van der Waals surface area contributed by atoms with E-state index >= 15 is 0 Å². The van der Waals surface area contributed by atoms with Gasteiger partial charge >= 0.3 is 12.1 Å². The van der Waals surface area contributed by atoms with E-state index in [-0.39, 0.29) is 41.3 Å². The maximum Gasteiger partial charge on any atom is 0.490 e. The molecule has 1 fully saturated rings. The summed E-state index contributed by atoms with van der Waals surface area (Å²) in [6.45, 7) is 12.2. The van der Waals surface area contributed by atoms with Crippen LogP contribution in [0.1, 0.15) is 117 Å². The molecular weight excluding hydrogens is 916 g/mol. The second kappa shape index (κ2) is 25.2. The number of carboxylic acids is 1. The molecule has 380 valence electrons. The molecule has 1 aliphatic carbocycles. The Morgan fingerprint density at radius 2 is 1.46 bits per heavy atom. The van der Waals surface area contributed by atoms with Crippen LogP contribution in [0.25, 0.3) is 0 Å². The quantitative estimate of drug-likeness (QED) is 0.0596. The van der Waals surface area contributed by atoms with E-state index in [0.29, 0.717) is 91.8 Å². The number of ether oxygens (including phenoxy) is 1. The van der Waals surface area contributed by atoms with E-state index in [1.54, 1.807) is 42.5 Å². The summed E-state index contributed by atoms with van der Waals surface area (Å²) >= 11 is 0. The molecule has 0 spiro atoms. The van der Waals surface area contributed by atoms with Gasteiger partial charge in [0.15, 0.2) is 11.6 Å². The number of benzene rings is 3. The largest absolute Gasteiger partial charge is 0.490 e. The molecule has 0 aromatic heterocycles. The van der Waals surface area contributed by atoms with Gasteiger partial charge in [-0.25, -0.2) is 4.79 Å². The molecule has 70 heavy (non-hydrogen) atoms. The summed E-state index contributed by atoms with van der Waals surface area (Å²) in [6.07, 6.45) is -2.03. The van der Waals surface area contributed by atoms with Crippen LogP contribution in [-0.4, -0.2) is 119 Å².